The summed E-state index contributed by atoms with van der Waals surface area (Å²) < 4.78 is 73.2. The Morgan fingerprint density at radius 3 is 2.22 bits per heavy atom. The molecule has 1 fully saturated rings. The summed E-state index contributed by atoms with van der Waals surface area (Å²) in [5.41, 5.74) is 0.0115. The van der Waals surface area contributed by atoms with Gasteiger partial charge in [-0.1, -0.05) is 11.6 Å². The SMILES string of the molecule is COc1ncnc(OC)c1-n1c(CS(=O)(=O)[C@@H](C)[C@H](OC)c2ncc(Cl)cn2)nnc1[C@H]1CCC1(F)F. The number of sulfone groups is 1. The fourth-order valence-electron chi connectivity index (χ4n) is 4.03. The quantitative estimate of drug-likeness (QED) is 0.361. The molecule has 0 amide bonds. The molecule has 3 atom stereocenters. The Balaban J connectivity index is 1.80. The molecule has 0 aromatic carbocycles. The zero-order chi connectivity index (χ0) is 27.0. The molecule has 3 heterocycles. The molecule has 4 rings (SSSR count). The summed E-state index contributed by atoms with van der Waals surface area (Å²) in [5.74, 6) is -5.28. The number of nitrogens with zero attached hydrogens (tertiary/aromatic N) is 7. The van der Waals surface area contributed by atoms with Crippen LogP contribution in [-0.2, 0) is 20.3 Å². The number of hydrogen-bond donors (Lipinski definition) is 0. The number of ether oxygens (including phenoxy) is 3. The smallest absolute Gasteiger partial charge is 0.258 e. The largest absolute Gasteiger partial charge is 0.479 e. The lowest BCUT2D eigenvalue weighted by Crippen LogP contribution is -2.38. The van der Waals surface area contributed by atoms with E-state index in [2.05, 4.69) is 30.1 Å². The number of rotatable bonds is 10. The van der Waals surface area contributed by atoms with E-state index in [0.29, 0.717) is 0 Å². The Morgan fingerprint density at radius 1 is 1.11 bits per heavy atom. The zero-order valence-corrected chi connectivity index (χ0v) is 21.9. The molecule has 1 aliphatic carbocycles. The van der Waals surface area contributed by atoms with Crippen LogP contribution in [0, 0.1) is 0 Å². The van der Waals surface area contributed by atoms with Gasteiger partial charge in [-0.15, -0.1) is 10.2 Å². The average molecular weight is 560 g/mol. The maximum absolute atomic E-state index is 14.5. The van der Waals surface area contributed by atoms with E-state index >= 15 is 0 Å². The summed E-state index contributed by atoms with van der Waals surface area (Å²) in [7, 11) is -0.0883. The first kappa shape index (κ1) is 27.0. The third-order valence-corrected chi connectivity index (χ3v) is 8.42. The van der Waals surface area contributed by atoms with Gasteiger partial charge in [0.25, 0.3) is 5.92 Å². The van der Waals surface area contributed by atoms with Crippen molar-refractivity contribution in [1.82, 2.24) is 34.7 Å². The van der Waals surface area contributed by atoms with Gasteiger partial charge in [-0.2, -0.15) is 9.97 Å². The Bertz CT molecular complexity index is 1350. The van der Waals surface area contributed by atoms with E-state index in [1.807, 2.05) is 0 Å². The minimum Gasteiger partial charge on any atom is -0.479 e. The van der Waals surface area contributed by atoms with Gasteiger partial charge in [0.1, 0.15) is 24.0 Å². The highest BCUT2D eigenvalue weighted by Crippen LogP contribution is 2.50. The van der Waals surface area contributed by atoms with Crippen LogP contribution in [0.25, 0.3) is 5.69 Å². The van der Waals surface area contributed by atoms with Crippen molar-refractivity contribution in [1.29, 1.82) is 0 Å². The Kier molecular flexibility index (Phi) is 7.57. The first-order valence-corrected chi connectivity index (χ1v) is 13.1. The van der Waals surface area contributed by atoms with Gasteiger partial charge in [-0.25, -0.2) is 27.2 Å². The van der Waals surface area contributed by atoms with Crippen molar-refractivity contribution in [2.75, 3.05) is 21.3 Å². The van der Waals surface area contributed by atoms with Crippen molar-refractivity contribution in [2.24, 2.45) is 0 Å². The van der Waals surface area contributed by atoms with Gasteiger partial charge in [-0.3, -0.25) is 4.57 Å². The van der Waals surface area contributed by atoms with E-state index in [1.54, 1.807) is 0 Å². The topological polar surface area (TPSA) is 144 Å². The van der Waals surface area contributed by atoms with E-state index in [4.69, 9.17) is 25.8 Å². The van der Waals surface area contributed by atoms with Gasteiger partial charge in [0.05, 0.1) is 30.4 Å². The van der Waals surface area contributed by atoms with Crippen molar-refractivity contribution >= 4 is 21.4 Å². The second-order valence-electron chi connectivity index (χ2n) is 8.33. The second-order valence-corrected chi connectivity index (χ2v) is 11.1. The van der Waals surface area contributed by atoms with Crippen LogP contribution in [0.5, 0.6) is 11.8 Å². The summed E-state index contributed by atoms with van der Waals surface area (Å²) in [6.07, 6.45) is 2.57. The number of alkyl halides is 2. The molecule has 37 heavy (non-hydrogen) atoms. The predicted octanol–water partition coefficient (Wildman–Crippen LogP) is 2.72. The molecule has 3 aromatic rings. The highest BCUT2D eigenvalue weighted by atomic mass is 35.5. The lowest BCUT2D eigenvalue weighted by Gasteiger charge is -2.35. The third-order valence-electron chi connectivity index (χ3n) is 6.18. The average Bonchev–Trinajstić information content (AvgIpc) is 3.25. The van der Waals surface area contributed by atoms with Crippen LogP contribution in [0.1, 0.15) is 49.3 Å². The first-order valence-electron chi connectivity index (χ1n) is 11.0. The van der Waals surface area contributed by atoms with Gasteiger partial charge >= 0.3 is 0 Å². The van der Waals surface area contributed by atoms with E-state index in [-0.39, 0.29) is 52.8 Å². The van der Waals surface area contributed by atoms with Crippen molar-refractivity contribution < 1.29 is 31.4 Å². The minimum absolute atomic E-state index is 0.0115. The molecule has 0 spiro atoms. The molecular formula is C21H24ClF2N7O5S. The monoisotopic (exact) mass is 559 g/mol. The Hall–Kier alpha value is -3.04. The molecular weight excluding hydrogens is 536 g/mol. The maximum atomic E-state index is 14.5. The third kappa shape index (κ3) is 5.07. The lowest BCUT2D eigenvalue weighted by atomic mass is 9.80. The van der Waals surface area contributed by atoms with Crippen LogP contribution in [0.4, 0.5) is 8.78 Å². The molecule has 200 valence electrons. The fraction of sp³-hybridized carbons (Fsp3) is 0.524. The minimum atomic E-state index is -4.05. The predicted molar refractivity (Wildman–Crippen MR) is 126 cm³/mol. The fourth-order valence-corrected chi connectivity index (χ4v) is 5.55. The van der Waals surface area contributed by atoms with Crippen LogP contribution in [0.2, 0.25) is 5.02 Å². The molecule has 3 aromatic heterocycles. The molecule has 0 N–H and O–H groups in total. The molecule has 16 heteroatoms. The van der Waals surface area contributed by atoms with Crippen molar-refractivity contribution in [3.8, 4) is 17.4 Å². The van der Waals surface area contributed by atoms with Crippen molar-refractivity contribution in [3.63, 3.8) is 0 Å². The highest BCUT2D eigenvalue weighted by molar-refractivity contribution is 7.91. The van der Waals surface area contributed by atoms with Gasteiger partial charge in [-0.05, 0) is 13.3 Å². The molecule has 0 unspecified atom stereocenters. The number of hydrogen-bond acceptors (Lipinski definition) is 11. The summed E-state index contributed by atoms with van der Waals surface area (Å²) in [6, 6.07) is 0. The van der Waals surface area contributed by atoms with Crippen molar-refractivity contribution in [3.05, 3.63) is 41.2 Å². The van der Waals surface area contributed by atoms with Crippen molar-refractivity contribution in [2.45, 2.75) is 48.7 Å². The molecule has 12 nitrogen and oxygen atoms in total. The van der Waals surface area contributed by atoms with Crippen LogP contribution in [-0.4, -0.2) is 75.6 Å². The maximum Gasteiger partial charge on any atom is 0.258 e. The Labute approximate surface area is 216 Å². The highest BCUT2D eigenvalue weighted by Gasteiger charge is 2.52. The van der Waals surface area contributed by atoms with Gasteiger partial charge in [0.15, 0.2) is 27.2 Å². The summed E-state index contributed by atoms with van der Waals surface area (Å²) in [4.78, 5) is 16.2. The van der Waals surface area contributed by atoms with Gasteiger partial charge in [0, 0.05) is 25.9 Å². The first-order chi connectivity index (χ1) is 17.5. The van der Waals surface area contributed by atoms with E-state index < -0.39 is 38.8 Å². The number of aromatic nitrogens is 7. The number of halogens is 3. The van der Waals surface area contributed by atoms with Crippen LogP contribution >= 0.6 is 11.6 Å². The van der Waals surface area contributed by atoms with E-state index in [9.17, 15) is 17.2 Å². The molecule has 0 saturated heterocycles. The van der Waals surface area contributed by atoms with E-state index in [1.165, 1.54) is 45.2 Å². The summed E-state index contributed by atoms with van der Waals surface area (Å²) in [6.45, 7) is 1.43. The van der Waals surface area contributed by atoms with E-state index in [0.717, 1.165) is 6.33 Å². The lowest BCUT2D eigenvalue weighted by molar-refractivity contribution is -0.0994. The van der Waals surface area contributed by atoms with Gasteiger partial charge in [0.2, 0.25) is 11.8 Å². The zero-order valence-electron chi connectivity index (χ0n) is 20.3. The molecule has 0 radical (unpaired) electrons. The van der Waals surface area contributed by atoms with Crippen LogP contribution in [0.15, 0.2) is 18.7 Å². The second kappa shape index (κ2) is 10.4. The van der Waals surface area contributed by atoms with Crippen LogP contribution in [0.3, 0.4) is 0 Å². The standard InChI is InChI=1S/C21H24ClF2N7O5S/c1-11(16(34-2)17-25-7-12(22)8-26-17)37(32,33)9-14-29-30-18(13-5-6-21(13,23)24)31(14)15-19(35-3)27-10-28-20(15)36-4/h7-8,10-11,13,16H,5-6,9H2,1-4H3/t11-,13+,16-/m0/s1. The van der Waals surface area contributed by atoms with Gasteiger partial charge < -0.3 is 14.2 Å². The molecule has 1 aliphatic rings. The number of methoxy groups -OCH3 is 3. The normalized spacial score (nSPS) is 18.6. The molecule has 0 bridgehead atoms. The Morgan fingerprint density at radius 2 is 1.73 bits per heavy atom. The molecule has 0 aliphatic heterocycles. The molecule has 1 saturated carbocycles. The van der Waals surface area contributed by atoms with Crippen LogP contribution < -0.4 is 9.47 Å². The summed E-state index contributed by atoms with van der Waals surface area (Å²) >= 11 is 5.84. The summed E-state index contributed by atoms with van der Waals surface area (Å²) in [5, 5.41) is 7.08.